The summed E-state index contributed by atoms with van der Waals surface area (Å²) in [6, 6.07) is 13.5. The highest BCUT2D eigenvalue weighted by atomic mass is 79.9. The van der Waals surface area contributed by atoms with Gasteiger partial charge in [-0.1, -0.05) is 29.8 Å². The van der Waals surface area contributed by atoms with Crippen LogP contribution in [0.2, 0.25) is 5.02 Å². The lowest BCUT2D eigenvalue weighted by atomic mass is 9.84. The molecule has 0 fully saturated rings. The molecule has 6 nitrogen and oxygen atoms in total. The van der Waals surface area contributed by atoms with Crippen LogP contribution >= 0.6 is 43.5 Å². The van der Waals surface area contributed by atoms with Gasteiger partial charge in [0.1, 0.15) is 24.0 Å². The summed E-state index contributed by atoms with van der Waals surface area (Å²) in [5.41, 5.74) is 9.63. The average Bonchev–Trinajstić information content (AvgIpc) is 3.07. The summed E-state index contributed by atoms with van der Waals surface area (Å²) in [5, 5.41) is 17.4. The number of H-pyrrole nitrogens is 1. The summed E-state index contributed by atoms with van der Waals surface area (Å²) in [6.07, 6.45) is 0. The molecule has 0 amide bonds. The van der Waals surface area contributed by atoms with Gasteiger partial charge in [-0.3, -0.25) is 5.10 Å². The molecule has 0 bridgehead atoms. The van der Waals surface area contributed by atoms with E-state index in [4.69, 9.17) is 26.8 Å². The van der Waals surface area contributed by atoms with Crippen LogP contribution in [0.4, 0.5) is 0 Å². The summed E-state index contributed by atoms with van der Waals surface area (Å²) in [4.78, 5) is 0. The average molecular weight is 551 g/mol. The van der Waals surface area contributed by atoms with Crippen molar-refractivity contribution in [2.24, 2.45) is 5.73 Å². The Morgan fingerprint density at radius 3 is 2.67 bits per heavy atom. The zero-order valence-electron chi connectivity index (χ0n) is 15.7. The second kappa shape index (κ2) is 8.34. The predicted molar refractivity (Wildman–Crippen MR) is 120 cm³/mol. The van der Waals surface area contributed by atoms with E-state index in [9.17, 15) is 5.26 Å². The Balaban J connectivity index is 1.72. The molecule has 1 aliphatic heterocycles. The molecular weight excluding hydrogens is 536 g/mol. The van der Waals surface area contributed by atoms with Crippen molar-refractivity contribution in [1.29, 1.82) is 5.26 Å². The zero-order chi connectivity index (χ0) is 21.4. The minimum absolute atomic E-state index is 0.0489. The molecule has 1 atom stereocenters. The van der Waals surface area contributed by atoms with E-state index in [1.54, 1.807) is 0 Å². The minimum atomic E-state index is -0.414. The number of fused-ring (bicyclic) bond motifs is 1. The number of hydrogen-bond acceptors (Lipinski definition) is 5. The first-order chi connectivity index (χ1) is 14.4. The Hall–Kier alpha value is -2.47. The van der Waals surface area contributed by atoms with Crippen LogP contribution in [0, 0.1) is 18.3 Å². The van der Waals surface area contributed by atoms with Crippen molar-refractivity contribution in [1.82, 2.24) is 10.2 Å². The van der Waals surface area contributed by atoms with Crippen molar-refractivity contribution >= 4 is 43.5 Å². The number of halogens is 3. The third-order valence-electron chi connectivity index (χ3n) is 4.81. The Morgan fingerprint density at radius 1 is 1.30 bits per heavy atom. The number of nitriles is 1. The maximum absolute atomic E-state index is 9.72. The number of aryl methyl sites for hydroxylation is 1. The van der Waals surface area contributed by atoms with Crippen LogP contribution in [0.3, 0.4) is 0 Å². The van der Waals surface area contributed by atoms with Crippen LogP contribution in [-0.2, 0) is 6.61 Å². The number of rotatable bonds is 4. The van der Waals surface area contributed by atoms with Gasteiger partial charge in [0.25, 0.3) is 0 Å². The summed E-state index contributed by atoms with van der Waals surface area (Å²) in [5.74, 6) is 0.640. The van der Waals surface area contributed by atoms with E-state index in [0.717, 1.165) is 31.3 Å². The van der Waals surface area contributed by atoms with Crippen molar-refractivity contribution in [3.63, 3.8) is 0 Å². The Bertz CT molecular complexity index is 1190. The number of nitrogens with zero attached hydrogens (tertiary/aromatic N) is 2. The molecule has 152 valence electrons. The fourth-order valence-electron chi connectivity index (χ4n) is 3.38. The zero-order valence-corrected chi connectivity index (χ0v) is 19.6. The molecule has 1 aliphatic rings. The van der Waals surface area contributed by atoms with Crippen LogP contribution in [0.1, 0.15) is 28.3 Å². The minimum Gasteiger partial charge on any atom is -0.486 e. The molecular formula is C21H15Br2ClN4O2. The van der Waals surface area contributed by atoms with Gasteiger partial charge in [0.05, 0.1) is 14.9 Å². The number of benzene rings is 2. The summed E-state index contributed by atoms with van der Waals surface area (Å²) in [7, 11) is 0. The normalized spacial score (nSPS) is 15.4. The van der Waals surface area contributed by atoms with E-state index in [-0.39, 0.29) is 5.88 Å². The Labute approximate surface area is 194 Å². The molecule has 3 aromatic rings. The Morgan fingerprint density at radius 2 is 2.00 bits per heavy atom. The van der Waals surface area contributed by atoms with Crippen molar-refractivity contribution in [3.8, 4) is 17.7 Å². The highest BCUT2D eigenvalue weighted by molar-refractivity contribution is 9.11. The molecule has 30 heavy (non-hydrogen) atoms. The molecule has 2 heterocycles. The van der Waals surface area contributed by atoms with Gasteiger partial charge < -0.3 is 15.2 Å². The highest BCUT2D eigenvalue weighted by Crippen LogP contribution is 2.46. The van der Waals surface area contributed by atoms with Gasteiger partial charge in [0.2, 0.25) is 11.8 Å². The first kappa shape index (κ1) is 20.8. The van der Waals surface area contributed by atoms with Gasteiger partial charge in [-0.2, -0.15) is 5.26 Å². The molecule has 9 heteroatoms. The van der Waals surface area contributed by atoms with Gasteiger partial charge in [-0.05, 0) is 62.5 Å². The first-order valence-corrected chi connectivity index (χ1v) is 10.8. The lowest BCUT2D eigenvalue weighted by molar-refractivity contribution is 0.302. The molecule has 4 rings (SSSR count). The molecule has 0 aliphatic carbocycles. The van der Waals surface area contributed by atoms with E-state index in [1.807, 2.05) is 43.3 Å². The maximum Gasteiger partial charge on any atom is 0.244 e. The maximum atomic E-state index is 9.72. The first-order valence-electron chi connectivity index (χ1n) is 8.88. The second-order valence-corrected chi connectivity index (χ2v) is 8.80. The molecule has 0 saturated heterocycles. The fourth-order valence-corrected chi connectivity index (χ4v) is 5.02. The number of aromatic nitrogens is 2. The fraction of sp³-hybridized carbons (Fsp3) is 0.143. The van der Waals surface area contributed by atoms with E-state index in [0.29, 0.717) is 28.8 Å². The Kier molecular flexibility index (Phi) is 5.78. The quantitative estimate of drug-likeness (QED) is 0.435. The van der Waals surface area contributed by atoms with Crippen LogP contribution in [0.5, 0.6) is 11.6 Å². The molecule has 0 saturated carbocycles. The van der Waals surface area contributed by atoms with E-state index in [2.05, 4.69) is 48.1 Å². The van der Waals surface area contributed by atoms with Crippen LogP contribution < -0.4 is 15.2 Å². The molecule has 3 N–H and O–H groups in total. The lowest BCUT2D eigenvalue weighted by Gasteiger charge is -2.24. The number of ether oxygens (including phenoxy) is 2. The SMILES string of the molecule is Cc1[nH]nc2c1[C@H](c1cc(Br)c(OCc3ccccc3Cl)c(Br)c1)C(C#N)=C(N)O2. The van der Waals surface area contributed by atoms with Gasteiger partial charge in [-0.15, -0.1) is 5.10 Å². The third-order valence-corrected chi connectivity index (χ3v) is 6.36. The molecule has 0 unspecified atom stereocenters. The number of aromatic amines is 1. The molecule has 0 spiro atoms. The summed E-state index contributed by atoms with van der Waals surface area (Å²) in [6.45, 7) is 2.19. The standard InChI is InChI=1S/C21H15Br2ClN4O2/c1-10-17-18(13(8-25)20(26)30-21(17)28-27-10)12-6-14(22)19(15(23)7-12)29-9-11-4-2-3-5-16(11)24/h2-7,18H,9,26H2,1H3,(H,27,28)/t18-/m1/s1. The number of hydrogen-bond donors (Lipinski definition) is 2. The van der Waals surface area contributed by atoms with Crippen molar-refractivity contribution in [3.05, 3.63) is 84.2 Å². The van der Waals surface area contributed by atoms with E-state index >= 15 is 0 Å². The monoisotopic (exact) mass is 548 g/mol. The molecule has 1 aromatic heterocycles. The van der Waals surface area contributed by atoms with E-state index in [1.165, 1.54) is 0 Å². The molecule has 2 aromatic carbocycles. The highest BCUT2D eigenvalue weighted by Gasteiger charge is 2.34. The topological polar surface area (TPSA) is 97.0 Å². The largest absolute Gasteiger partial charge is 0.486 e. The van der Waals surface area contributed by atoms with Crippen LogP contribution in [0.15, 0.2) is 56.8 Å². The number of nitrogens with two attached hydrogens (primary N) is 1. The number of nitrogens with one attached hydrogen (secondary N) is 1. The van der Waals surface area contributed by atoms with Crippen molar-refractivity contribution in [2.45, 2.75) is 19.4 Å². The van der Waals surface area contributed by atoms with Crippen LogP contribution in [-0.4, -0.2) is 10.2 Å². The van der Waals surface area contributed by atoms with Crippen molar-refractivity contribution < 1.29 is 9.47 Å². The number of allylic oxidation sites excluding steroid dienone is 1. The van der Waals surface area contributed by atoms with Gasteiger partial charge in [-0.25, -0.2) is 0 Å². The second-order valence-electron chi connectivity index (χ2n) is 6.69. The van der Waals surface area contributed by atoms with Gasteiger partial charge in [0.15, 0.2) is 0 Å². The van der Waals surface area contributed by atoms with E-state index < -0.39 is 5.92 Å². The summed E-state index contributed by atoms with van der Waals surface area (Å²) < 4.78 is 13.0. The van der Waals surface area contributed by atoms with Gasteiger partial charge in [0, 0.05) is 21.8 Å². The van der Waals surface area contributed by atoms with Gasteiger partial charge >= 0.3 is 0 Å². The smallest absolute Gasteiger partial charge is 0.244 e. The lowest BCUT2D eigenvalue weighted by Crippen LogP contribution is -2.21. The van der Waals surface area contributed by atoms with Crippen LogP contribution in [0.25, 0.3) is 0 Å². The summed E-state index contributed by atoms with van der Waals surface area (Å²) >= 11 is 13.4. The predicted octanol–water partition coefficient (Wildman–Crippen LogP) is 5.69. The van der Waals surface area contributed by atoms with Crippen molar-refractivity contribution in [2.75, 3.05) is 0 Å². The molecule has 0 radical (unpaired) electrons. The third kappa shape index (κ3) is 3.69.